The van der Waals surface area contributed by atoms with Gasteiger partial charge in [0.1, 0.15) is 0 Å². The molecule has 1 heterocycles. The molecule has 1 amide bonds. The molecule has 0 fully saturated rings. The molecule has 0 saturated carbocycles. The molecule has 1 N–H and O–H groups in total. The smallest absolute Gasteiger partial charge is 0.257 e. The van der Waals surface area contributed by atoms with E-state index in [2.05, 4.69) is 42.8 Å². The van der Waals surface area contributed by atoms with E-state index in [0.717, 1.165) is 35.5 Å². The number of anilines is 1. The monoisotopic (exact) mass is 298 g/mol. The van der Waals surface area contributed by atoms with Crippen molar-refractivity contribution < 1.29 is 4.79 Å². The van der Waals surface area contributed by atoms with Gasteiger partial charge in [0.2, 0.25) is 0 Å². The van der Waals surface area contributed by atoms with Gasteiger partial charge in [-0.3, -0.25) is 4.79 Å². The van der Waals surface area contributed by atoms with Crippen LogP contribution >= 0.6 is 0 Å². The van der Waals surface area contributed by atoms with Crippen LogP contribution in [0.3, 0.4) is 0 Å². The van der Waals surface area contributed by atoms with E-state index in [0.29, 0.717) is 6.04 Å². The SMILES string of the molecule is CCCc1ccc(NC(=O)c2cc(C)n(C(C)C)c2C)cc1. The Labute approximate surface area is 133 Å². The predicted octanol–water partition coefficient (Wildman–Crippen LogP) is 4.89. The van der Waals surface area contributed by atoms with Crippen LogP contribution in [0.5, 0.6) is 0 Å². The minimum absolute atomic E-state index is 0.0387. The molecule has 0 atom stereocenters. The molecule has 0 radical (unpaired) electrons. The molecule has 0 aliphatic rings. The summed E-state index contributed by atoms with van der Waals surface area (Å²) in [7, 11) is 0. The van der Waals surface area contributed by atoms with E-state index in [1.807, 2.05) is 32.0 Å². The molecule has 0 spiro atoms. The molecular formula is C19H26N2O. The Hall–Kier alpha value is -2.03. The number of aryl methyl sites for hydroxylation is 2. The Bertz CT molecular complexity index is 651. The van der Waals surface area contributed by atoms with Crippen LogP contribution in [0.4, 0.5) is 5.69 Å². The quantitative estimate of drug-likeness (QED) is 0.837. The number of carbonyl (C=O) groups excluding carboxylic acids is 1. The summed E-state index contributed by atoms with van der Waals surface area (Å²) >= 11 is 0. The highest BCUT2D eigenvalue weighted by atomic mass is 16.1. The Morgan fingerprint density at radius 1 is 1.18 bits per heavy atom. The molecule has 118 valence electrons. The van der Waals surface area contributed by atoms with Gasteiger partial charge in [-0.25, -0.2) is 0 Å². The van der Waals surface area contributed by atoms with Crippen LogP contribution in [0, 0.1) is 13.8 Å². The van der Waals surface area contributed by atoms with Gasteiger partial charge in [0.05, 0.1) is 5.56 Å². The topological polar surface area (TPSA) is 34.0 Å². The van der Waals surface area contributed by atoms with Gasteiger partial charge in [0, 0.05) is 23.1 Å². The minimum atomic E-state index is -0.0387. The fourth-order valence-corrected chi connectivity index (χ4v) is 3.04. The molecule has 2 rings (SSSR count). The average Bonchev–Trinajstić information content (AvgIpc) is 2.76. The maximum atomic E-state index is 12.5. The van der Waals surface area contributed by atoms with Gasteiger partial charge < -0.3 is 9.88 Å². The number of hydrogen-bond donors (Lipinski definition) is 1. The lowest BCUT2D eigenvalue weighted by Gasteiger charge is -2.13. The fourth-order valence-electron chi connectivity index (χ4n) is 3.04. The first-order valence-corrected chi connectivity index (χ1v) is 8.02. The van der Waals surface area contributed by atoms with Crippen molar-refractivity contribution in [2.24, 2.45) is 0 Å². The van der Waals surface area contributed by atoms with Crippen LogP contribution in [-0.2, 0) is 6.42 Å². The van der Waals surface area contributed by atoms with E-state index >= 15 is 0 Å². The molecule has 1 aromatic carbocycles. The van der Waals surface area contributed by atoms with E-state index in [1.165, 1.54) is 5.56 Å². The number of hydrogen-bond acceptors (Lipinski definition) is 1. The highest BCUT2D eigenvalue weighted by molar-refractivity contribution is 6.05. The van der Waals surface area contributed by atoms with Gasteiger partial charge >= 0.3 is 0 Å². The van der Waals surface area contributed by atoms with Gasteiger partial charge in [-0.2, -0.15) is 0 Å². The first-order valence-electron chi connectivity index (χ1n) is 8.02. The van der Waals surface area contributed by atoms with Gasteiger partial charge in [0.15, 0.2) is 0 Å². The number of nitrogens with one attached hydrogen (secondary N) is 1. The van der Waals surface area contributed by atoms with E-state index in [-0.39, 0.29) is 5.91 Å². The van der Waals surface area contributed by atoms with Gasteiger partial charge in [-0.05, 0) is 57.9 Å². The van der Waals surface area contributed by atoms with Crippen LogP contribution < -0.4 is 5.32 Å². The molecule has 22 heavy (non-hydrogen) atoms. The van der Waals surface area contributed by atoms with Crippen LogP contribution in [0.25, 0.3) is 0 Å². The summed E-state index contributed by atoms with van der Waals surface area (Å²) in [4.78, 5) is 12.5. The normalized spacial score (nSPS) is 11.0. The molecule has 0 unspecified atom stereocenters. The number of benzene rings is 1. The second-order valence-corrected chi connectivity index (χ2v) is 6.15. The Morgan fingerprint density at radius 3 is 2.32 bits per heavy atom. The van der Waals surface area contributed by atoms with Crippen molar-refractivity contribution in [1.82, 2.24) is 4.57 Å². The second-order valence-electron chi connectivity index (χ2n) is 6.15. The highest BCUT2D eigenvalue weighted by Crippen LogP contribution is 2.21. The number of aromatic nitrogens is 1. The highest BCUT2D eigenvalue weighted by Gasteiger charge is 2.17. The molecule has 3 nitrogen and oxygen atoms in total. The van der Waals surface area contributed by atoms with Gasteiger partial charge in [-0.15, -0.1) is 0 Å². The van der Waals surface area contributed by atoms with Crippen molar-refractivity contribution in [3.05, 3.63) is 52.8 Å². The summed E-state index contributed by atoms with van der Waals surface area (Å²) in [6, 6.07) is 10.4. The molecule has 0 aliphatic heterocycles. The lowest BCUT2D eigenvalue weighted by atomic mass is 10.1. The lowest BCUT2D eigenvalue weighted by molar-refractivity contribution is 0.102. The Morgan fingerprint density at radius 2 is 1.82 bits per heavy atom. The standard InChI is InChI=1S/C19H26N2O/c1-6-7-16-8-10-17(11-9-16)20-19(22)18-12-14(4)21(13(2)3)15(18)5/h8-13H,6-7H2,1-5H3,(H,20,22). The maximum Gasteiger partial charge on any atom is 0.257 e. The predicted molar refractivity (Wildman–Crippen MR) is 92.7 cm³/mol. The van der Waals surface area contributed by atoms with Gasteiger partial charge in [0.25, 0.3) is 5.91 Å². The fraction of sp³-hybridized carbons (Fsp3) is 0.421. The van der Waals surface area contributed by atoms with E-state index in [9.17, 15) is 4.79 Å². The Kier molecular flexibility index (Phi) is 5.07. The van der Waals surface area contributed by atoms with Crippen molar-refractivity contribution in [3.63, 3.8) is 0 Å². The van der Waals surface area contributed by atoms with Crippen LogP contribution in [0.1, 0.15) is 60.5 Å². The molecule has 3 heteroatoms. The Balaban J connectivity index is 2.17. The molecule has 1 aromatic heterocycles. The zero-order chi connectivity index (χ0) is 16.3. The third-order valence-corrected chi connectivity index (χ3v) is 4.00. The number of rotatable bonds is 5. The van der Waals surface area contributed by atoms with Crippen LogP contribution in [0.2, 0.25) is 0 Å². The third-order valence-electron chi connectivity index (χ3n) is 4.00. The molecular weight excluding hydrogens is 272 g/mol. The van der Waals surface area contributed by atoms with E-state index in [1.54, 1.807) is 0 Å². The zero-order valence-electron chi connectivity index (χ0n) is 14.2. The van der Waals surface area contributed by atoms with Crippen molar-refractivity contribution >= 4 is 11.6 Å². The summed E-state index contributed by atoms with van der Waals surface area (Å²) in [5.74, 6) is -0.0387. The number of carbonyl (C=O) groups is 1. The minimum Gasteiger partial charge on any atom is -0.346 e. The zero-order valence-corrected chi connectivity index (χ0v) is 14.2. The number of amides is 1. The van der Waals surface area contributed by atoms with Crippen molar-refractivity contribution in [2.45, 2.75) is 53.5 Å². The third kappa shape index (κ3) is 3.41. The molecule has 0 aliphatic carbocycles. The summed E-state index contributed by atoms with van der Waals surface area (Å²) in [6.45, 7) is 10.5. The van der Waals surface area contributed by atoms with E-state index in [4.69, 9.17) is 0 Å². The van der Waals surface area contributed by atoms with Crippen LogP contribution in [0.15, 0.2) is 30.3 Å². The van der Waals surface area contributed by atoms with Crippen molar-refractivity contribution in [2.75, 3.05) is 5.32 Å². The van der Waals surface area contributed by atoms with E-state index < -0.39 is 0 Å². The summed E-state index contributed by atoms with van der Waals surface area (Å²) in [6.07, 6.45) is 2.21. The summed E-state index contributed by atoms with van der Waals surface area (Å²) in [5.41, 5.74) is 5.05. The molecule has 0 saturated heterocycles. The van der Waals surface area contributed by atoms with Gasteiger partial charge in [-0.1, -0.05) is 25.5 Å². The van der Waals surface area contributed by atoms with Crippen LogP contribution in [-0.4, -0.2) is 10.5 Å². The summed E-state index contributed by atoms with van der Waals surface area (Å²) in [5, 5.41) is 3.00. The number of nitrogens with zero attached hydrogens (tertiary/aromatic N) is 1. The van der Waals surface area contributed by atoms with Crippen molar-refractivity contribution in [3.8, 4) is 0 Å². The first-order chi connectivity index (χ1) is 10.4. The molecule has 0 bridgehead atoms. The average molecular weight is 298 g/mol. The second kappa shape index (κ2) is 6.82. The molecule has 2 aromatic rings. The largest absolute Gasteiger partial charge is 0.346 e. The van der Waals surface area contributed by atoms with Crippen molar-refractivity contribution in [1.29, 1.82) is 0 Å². The maximum absolute atomic E-state index is 12.5. The first kappa shape index (κ1) is 16.3. The lowest BCUT2D eigenvalue weighted by Crippen LogP contribution is -2.13. The summed E-state index contributed by atoms with van der Waals surface area (Å²) < 4.78 is 2.19.